The minimum Gasteiger partial charge on any atom is -0.465 e. The van der Waals surface area contributed by atoms with Gasteiger partial charge in [0.25, 0.3) is 0 Å². The van der Waals surface area contributed by atoms with Gasteiger partial charge in [-0.2, -0.15) is 18.2 Å². The van der Waals surface area contributed by atoms with E-state index in [2.05, 4.69) is 20.0 Å². The first-order chi connectivity index (χ1) is 14.7. The molecule has 9 nitrogen and oxygen atoms in total. The lowest BCUT2D eigenvalue weighted by Crippen LogP contribution is -2.06. The molecule has 3 rings (SSSR count). The number of nitro groups is 1. The molecule has 0 radical (unpaired) electrons. The first-order valence-electron chi connectivity index (χ1n) is 8.49. The number of nitrogens with zero attached hydrogens (tertiary/aromatic N) is 3. The average molecular weight is 434 g/mol. The fraction of sp³-hybridized carbons (Fsp3) is 0.105. The summed E-state index contributed by atoms with van der Waals surface area (Å²) in [6, 6.07) is 9.46. The zero-order valence-corrected chi connectivity index (χ0v) is 15.7. The van der Waals surface area contributed by atoms with Crippen LogP contribution < -0.4 is 10.1 Å². The van der Waals surface area contributed by atoms with Crippen LogP contribution in [0.5, 0.6) is 11.6 Å². The highest BCUT2D eigenvalue weighted by molar-refractivity contribution is 5.89. The van der Waals surface area contributed by atoms with Gasteiger partial charge in [0.05, 0.1) is 23.2 Å². The molecule has 1 N–H and O–H groups in total. The highest BCUT2D eigenvalue weighted by Gasteiger charge is 2.30. The maximum atomic E-state index is 12.7. The maximum Gasteiger partial charge on any atom is 0.416 e. The van der Waals surface area contributed by atoms with Crippen molar-refractivity contribution in [2.24, 2.45) is 0 Å². The Balaban J connectivity index is 1.87. The van der Waals surface area contributed by atoms with Crippen molar-refractivity contribution in [3.8, 4) is 11.6 Å². The van der Waals surface area contributed by atoms with E-state index in [0.717, 1.165) is 30.6 Å². The molecule has 0 aliphatic carbocycles. The Morgan fingerprint density at radius 1 is 1.06 bits per heavy atom. The van der Waals surface area contributed by atoms with Crippen LogP contribution in [0.3, 0.4) is 0 Å². The molecule has 0 bridgehead atoms. The average Bonchev–Trinajstić information content (AvgIpc) is 2.73. The molecule has 1 aromatic heterocycles. The van der Waals surface area contributed by atoms with Crippen LogP contribution in [0, 0.1) is 10.1 Å². The Bertz CT molecular complexity index is 1100. The van der Waals surface area contributed by atoms with Crippen LogP contribution in [0.4, 0.5) is 30.4 Å². The van der Waals surface area contributed by atoms with Crippen molar-refractivity contribution in [1.29, 1.82) is 0 Å². The zero-order chi connectivity index (χ0) is 22.6. The number of carbonyl (C=O) groups is 1. The number of esters is 1. The van der Waals surface area contributed by atoms with E-state index in [0.29, 0.717) is 0 Å². The minimum absolute atomic E-state index is 0.142. The summed E-state index contributed by atoms with van der Waals surface area (Å²) in [5.74, 6) is -1.10. The van der Waals surface area contributed by atoms with Crippen LogP contribution in [0.2, 0.25) is 0 Å². The van der Waals surface area contributed by atoms with E-state index in [4.69, 9.17) is 4.74 Å². The fourth-order valence-electron chi connectivity index (χ4n) is 2.46. The quantitative estimate of drug-likeness (QED) is 0.336. The standard InChI is InChI=1S/C19H13F3N4O5/c1-30-18(27)11-2-8-14(9-3-11)31-17-15(26(28)29)16(23-10-24-17)25-13-6-4-12(5-7-13)19(20,21)22/h2-10H,1H3,(H,23,24,25). The molecule has 3 aromatic rings. The molecule has 2 aromatic carbocycles. The summed E-state index contributed by atoms with van der Waals surface area (Å²) in [7, 11) is 1.22. The first kappa shape index (κ1) is 21.5. The molecule has 0 aliphatic rings. The lowest BCUT2D eigenvalue weighted by Gasteiger charge is -2.11. The Morgan fingerprint density at radius 2 is 1.71 bits per heavy atom. The van der Waals surface area contributed by atoms with Crippen molar-refractivity contribution >= 4 is 23.2 Å². The van der Waals surface area contributed by atoms with Crippen molar-refractivity contribution in [2.45, 2.75) is 6.18 Å². The van der Waals surface area contributed by atoms with Gasteiger partial charge in [0.1, 0.15) is 12.1 Å². The largest absolute Gasteiger partial charge is 0.465 e. The molecule has 12 heteroatoms. The highest BCUT2D eigenvalue weighted by Crippen LogP contribution is 2.36. The van der Waals surface area contributed by atoms with Gasteiger partial charge in [-0.3, -0.25) is 10.1 Å². The molecule has 0 saturated heterocycles. The SMILES string of the molecule is COC(=O)c1ccc(Oc2ncnc(Nc3ccc(C(F)(F)F)cc3)c2[N+](=O)[O-])cc1. The highest BCUT2D eigenvalue weighted by atomic mass is 19.4. The van der Waals surface area contributed by atoms with Gasteiger partial charge < -0.3 is 14.8 Å². The number of hydrogen-bond donors (Lipinski definition) is 1. The Labute approximate surface area is 172 Å². The van der Waals surface area contributed by atoms with Crippen molar-refractivity contribution in [1.82, 2.24) is 9.97 Å². The second-order valence-electron chi connectivity index (χ2n) is 5.95. The molecule has 0 aliphatic heterocycles. The molecular formula is C19H13F3N4O5. The predicted octanol–water partition coefficient (Wildman–Crippen LogP) is 4.73. The summed E-state index contributed by atoms with van der Waals surface area (Å²) in [5.41, 5.74) is -1.10. The topological polar surface area (TPSA) is 116 Å². The van der Waals surface area contributed by atoms with Crippen molar-refractivity contribution < 1.29 is 32.4 Å². The van der Waals surface area contributed by atoms with Gasteiger partial charge in [-0.1, -0.05) is 0 Å². The molecule has 160 valence electrons. The number of aromatic nitrogens is 2. The van der Waals surface area contributed by atoms with Gasteiger partial charge in [0.15, 0.2) is 0 Å². The van der Waals surface area contributed by atoms with Gasteiger partial charge in [-0.25, -0.2) is 9.78 Å². The molecule has 0 atom stereocenters. The Kier molecular flexibility index (Phi) is 6.00. The lowest BCUT2D eigenvalue weighted by molar-refractivity contribution is -0.385. The molecule has 0 unspecified atom stereocenters. The van der Waals surface area contributed by atoms with Crippen molar-refractivity contribution in [3.63, 3.8) is 0 Å². The number of hydrogen-bond acceptors (Lipinski definition) is 8. The van der Waals surface area contributed by atoms with Gasteiger partial charge >= 0.3 is 23.7 Å². The van der Waals surface area contributed by atoms with Crippen molar-refractivity contribution in [3.05, 3.63) is 76.1 Å². The Hall–Kier alpha value is -4.22. The van der Waals surface area contributed by atoms with Crippen LogP contribution in [-0.2, 0) is 10.9 Å². The minimum atomic E-state index is -4.51. The molecule has 31 heavy (non-hydrogen) atoms. The second kappa shape index (κ2) is 8.65. The van der Waals surface area contributed by atoms with Crippen LogP contribution in [0.1, 0.15) is 15.9 Å². The van der Waals surface area contributed by atoms with Crippen LogP contribution >= 0.6 is 0 Å². The number of methoxy groups -OCH3 is 1. The number of alkyl halides is 3. The van der Waals surface area contributed by atoms with E-state index in [9.17, 15) is 28.1 Å². The summed E-state index contributed by atoms with van der Waals surface area (Å²) < 4.78 is 48.1. The van der Waals surface area contributed by atoms with E-state index in [1.54, 1.807) is 0 Å². The summed E-state index contributed by atoms with van der Waals surface area (Å²) in [6.07, 6.45) is -3.51. The molecule has 0 saturated carbocycles. The van der Waals surface area contributed by atoms with Gasteiger partial charge in [0.2, 0.25) is 5.82 Å². The first-order valence-corrected chi connectivity index (χ1v) is 8.49. The molecule has 0 fully saturated rings. The van der Waals surface area contributed by atoms with E-state index in [1.807, 2.05) is 0 Å². The zero-order valence-electron chi connectivity index (χ0n) is 15.7. The van der Waals surface area contributed by atoms with E-state index < -0.39 is 34.2 Å². The predicted molar refractivity (Wildman–Crippen MR) is 101 cm³/mol. The third kappa shape index (κ3) is 5.04. The molecule has 0 amide bonds. The number of carbonyl (C=O) groups excluding carboxylic acids is 1. The fourth-order valence-corrected chi connectivity index (χ4v) is 2.46. The third-order valence-corrected chi connectivity index (χ3v) is 3.94. The summed E-state index contributed by atoms with van der Waals surface area (Å²) in [5, 5.41) is 14.2. The smallest absolute Gasteiger partial charge is 0.416 e. The third-order valence-electron chi connectivity index (χ3n) is 3.94. The van der Waals surface area contributed by atoms with E-state index >= 15 is 0 Å². The lowest BCUT2D eigenvalue weighted by atomic mass is 10.2. The number of anilines is 2. The number of ether oxygens (including phenoxy) is 2. The molecule has 0 spiro atoms. The van der Waals surface area contributed by atoms with Crippen LogP contribution in [-0.4, -0.2) is 28.0 Å². The van der Waals surface area contributed by atoms with Crippen LogP contribution in [0.25, 0.3) is 0 Å². The summed E-state index contributed by atoms with van der Waals surface area (Å²) in [4.78, 5) is 29.8. The molecular weight excluding hydrogens is 421 g/mol. The summed E-state index contributed by atoms with van der Waals surface area (Å²) >= 11 is 0. The van der Waals surface area contributed by atoms with E-state index in [-0.39, 0.29) is 22.8 Å². The van der Waals surface area contributed by atoms with Gasteiger partial charge in [-0.15, -0.1) is 0 Å². The Morgan fingerprint density at radius 3 is 2.26 bits per heavy atom. The van der Waals surface area contributed by atoms with Crippen molar-refractivity contribution in [2.75, 3.05) is 12.4 Å². The second-order valence-corrected chi connectivity index (χ2v) is 5.95. The van der Waals surface area contributed by atoms with Gasteiger partial charge in [0, 0.05) is 5.69 Å². The maximum absolute atomic E-state index is 12.7. The molecule has 1 heterocycles. The van der Waals surface area contributed by atoms with Gasteiger partial charge in [-0.05, 0) is 48.5 Å². The normalized spacial score (nSPS) is 11.0. The monoisotopic (exact) mass is 434 g/mol. The van der Waals surface area contributed by atoms with E-state index in [1.165, 1.54) is 31.4 Å². The number of rotatable bonds is 6. The number of benzene rings is 2. The van der Waals surface area contributed by atoms with Crippen LogP contribution in [0.15, 0.2) is 54.9 Å². The number of halogens is 3. The summed E-state index contributed by atoms with van der Waals surface area (Å²) in [6.45, 7) is 0. The number of nitrogens with one attached hydrogen (secondary N) is 1.